The van der Waals surface area contributed by atoms with Gasteiger partial charge in [0.1, 0.15) is 0 Å². The lowest BCUT2D eigenvalue weighted by Gasteiger charge is -2.44. The van der Waals surface area contributed by atoms with Gasteiger partial charge in [-0.05, 0) is 12.8 Å². The van der Waals surface area contributed by atoms with Crippen molar-refractivity contribution in [3.8, 4) is 0 Å². The third-order valence-electron chi connectivity index (χ3n) is 3.94. The predicted molar refractivity (Wildman–Crippen MR) is 65.4 cm³/mol. The summed E-state index contributed by atoms with van der Waals surface area (Å²) in [4.78, 5) is 25.2. The molecule has 2 aliphatic rings. The van der Waals surface area contributed by atoms with Gasteiger partial charge in [-0.3, -0.25) is 9.69 Å². The molecule has 2 N–H and O–H groups in total. The molecule has 7 nitrogen and oxygen atoms in total. The zero-order valence-electron chi connectivity index (χ0n) is 11.2. The number of fused-ring (bicyclic) bond motifs is 1. The molecule has 1 aliphatic heterocycles. The number of imide groups is 1. The van der Waals surface area contributed by atoms with Gasteiger partial charge in [-0.1, -0.05) is 0 Å². The maximum Gasteiger partial charge on any atom is 0.324 e. The number of nitrogens with zero attached hydrogens (tertiary/aromatic N) is 1. The quantitative estimate of drug-likeness (QED) is 0.709. The van der Waals surface area contributed by atoms with Crippen LogP contribution in [-0.2, 0) is 14.3 Å². The average Bonchev–Trinajstić information content (AvgIpc) is 2.42. The lowest BCUT2D eigenvalue weighted by Crippen LogP contribution is -2.64. The first-order chi connectivity index (χ1) is 9.12. The third kappa shape index (κ3) is 2.58. The normalized spacial score (nSPS) is 35.0. The molecule has 1 saturated carbocycles. The summed E-state index contributed by atoms with van der Waals surface area (Å²) in [6.07, 6.45) is 0.801. The molecular formula is C12H20N2O5. The van der Waals surface area contributed by atoms with Crippen LogP contribution >= 0.6 is 0 Å². The van der Waals surface area contributed by atoms with Gasteiger partial charge in [-0.2, -0.15) is 0 Å². The number of carbonyl (C=O) groups excluding carboxylic acids is 2. The number of carbonyl (C=O) groups is 2. The second kappa shape index (κ2) is 5.85. The summed E-state index contributed by atoms with van der Waals surface area (Å²) >= 11 is 0. The molecular weight excluding hydrogens is 252 g/mol. The van der Waals surface area contributed by atoms with E-state index >= 15 is 0 Å². The maximum absolute atomic E-state index is 12.3. The summed E-state index contributed by atoms with van der Waals surface area (Å²) in [5.41, 5.74) is 0. The van der Waals surface area contributed by atoms with Crippen LogP contribution < -0.4 is 5.32 Å². The van der Waals surface area contributed by atoms with Crippen molar-refractivity contribution in [1.29, 1.82) is 0 Å². The van der Waals surface area contributed by atoms with Crippen LogP contribution in [0.25, 0.3) is 0 Å². The first-order valence-corrected chi connectivity index (χ1v) is 6.40. The molecule has 0 bridgehead atoms. The molecule has 4 unspecified atom stereocenters. The standard InChI is InChI=1S/C12H20N2O5/c1-18-9-5-7-8(6-10(9)19-2)13-12(17)14(3-4-15)11(7)16/h7-10,15H,3-6H2,1-2H3,(H,13,17). The Bertz CT molecular complexity index is 362. The van der Waals surface area contributed by atoms with E-state index < -0.39 is 6.03 Å². The van der Waals surface area contributed by atoms with Crippen LogP contribution in [0.3, 0.4) is 0 Å². The number of hydrogen-bond acceptors (Lipinski definition) is 5. The lowest BCUT2D eigenvalue weighted by atomic mass is 9.79. The fraction of sp³-hybridized carbons (Fsp3) is 0.833. The van der Waals surface area contributed by atoms with Crippen LogP contribution in [0.5, 0.6) is 0 Å². The molecule has 0 radical (unpaired) electrons. The highest BCUT2D eigenvalue weighted by molar-refractivity contribution is 5.98. The minimum absolute atomic E-state index is 0.0270. The zero-order chi connectivity index (χ0) is 14.0. The second-order valence-corrected chi connectivity index (χ2v) is 4.90. The van der Waals surface area contributed by atoms with Gasteiger partial charge in [0.2, 0.25) is 5.91 Å². The van der Waals surface area contributed by atoms with E-state index in [2.05, 4.69) is 5.32 Å². The number of rotatable bonds is 4. The minimum Gasteiger partial charge on any atom is -0.395 e. The van der Waals surface area contributed by atoms with Gasteiger partial charge in [0, 0.05) is 20.3 Å². The van der Waals surface area contributed by atoms with Gasteiger partial charge in [0.25, 0.3) is 0 Å². The van der Waals surface area contributed by atoms with E-state index in [0.717, 1.165) is 4.90 Å². The van der Waals surface area contributed by atoms with Crippen molar-refractivity contribution in [3.63, 3.8) is 0 Å². The molecule has 1 aliphatic carbocycles. The highest BCUT2D eigenvalue weighted by Gasteiger charge is 2.47. The van der Waals surface area contributed by atoms with Crippen LogP contribution in [0.1, 0.15) is 12.8 Å². The monoisotopic (exact) mass is 272 g/mol. The first-order valence-electron chi connectivity index (χ1n) is 6.40. The van der Waals surface area contributed by atoms with Gasteiger partial charge in [0.15, 0.2) is 0 Å². The molecule has 4 atom stereocenters. The first kappa shape index (κ1) is 14.2. The van der Waals surface area contributed by atoms with E-state index in [4.69, 9.17) is 14.6 Å². The molecule has 1 heterocycles. The highest BCUT2D eigenvalue weighted by Crippen LogP contribution is 2.32. The minimum atomic E-state index is -0.439. The van der Waals surface area contributed by atoms with Crippen molar-refractivity contribution >= 4 is 11.9 Å². The Balaban J connectivity index is 2.14. The van der Waals surface area contributed by atoms with E-state index in [1.165, 1.54) is 0 Å². The van der Waals surface area contributed by atoms with Gasteiger partial charge in [-0.15, -0.1) is 0 Å². The number of aliphatic hydroxyl groups excluding tert-OH is 1. The number of methoxy groups -OCH3 is 2. The van der Waals surface area contributed by atoms with Crippen LogP contribution in [0.2, 0.25) is 0 Å². The molecule has 2 rings (SSSR count). The Labute approximate surface area is 111 Å². The van der Waals surface area contributed by atoms with Gasteiger partial charge in [-0.25, -0.2) is 4.79 Å². The molecule has 1 saturated heterocycles. The van der Waals surface area contributed by atoms with E-state index in [9.17, 15) is 9.59 Å². The molecule has 3 amide bonds. The fourth-order valence-corrected chi connectivity index (χ4v) is 2.91. The van der Waals surface area contributed by atoms with Crippen LogP contribution in [0.15, 0.2) is 0 Å². The van der Waals surface area contributed by atoms with E-state index in [0.29, 0.717) is 12.8 Å². The van der Waals surface area contributed by atoms with Crippen molar-refractivity contribution in [2.45, 2.75) is 31.1 Å². The number of ether oxygens (including phenoxy) is 2. The van der Waals surface area contributed by atoms with Crippen molar-refractivity contribution < 1.29 is 24.2 Å². The van der Waals surface area contributed by atoms with E-state index in [1.807, 2.05) is 0 Å². The maximum atomic E-state index is 12.3. The molecule has 19 heavy (non-hydrogen) atoms. The van der Waals surface area contributed by atoms with Gasteiger partial charge < -0.3 is 19.9 Å². The third-order valence-corrected chi connectivity index (χ3v) is 3.94. The second-order valence-electron chi connectivity index (χ2n) is 4.90. The van der Waals surface area contributed by atoms with Crippen LogP contribution in [0, 0.1) is 5.92 Å². The number of β-amino-alcohol motifs (C(OH)–C–C–N with tert-alkyl or cyclic N) is 1. The topological polar surface area (TPSA) is 88.1 Å². The average molecular weight is 272 g/mol. The SMILES string of the molecule is COC1CC2NC(=O)N(CCO)C(=O)C2CC1OC. The van der Waals surface area contributed by atoms with Crippen LogP contribution in [-0.4, -0.2) is 67.6 Å². The Morgan fingerprint density at radius 1 is 1.26 bits per heavy atom. The molecule has 108 valence electrons. The summed E-state index contributed by atoms with van der Waals surface area (Å²) < 4.78 is 10.7. The molecule has 0 aromatic carbocycles. The van der Waals surface area contributed by atoms with Gasteiger partial charge in [0.05, 0.1) is 31.3 Å². The van der Waals surface area contributed by atoms with Gasteiger partial charge >= 0.3 is 6.03 Å². The Kier molecular flexibility index (Phi) is 4.38. The number of nitrogens with one attached hydrogen (secondary N) is 1. The number of aliphatic hydroxyl groups is 1. The summed E-state index contributed by atoms with van der Waals surface area (Å²) in [5.74, 6) is -0.542. The smallest absolute Gasteiger partial charge is 0.324 e. The summed E-state index contributed by atoms with van der Waals surface area (Å²) in [5, 5.41) is 11.7. The highest BCUT2D eigenvalue weighted by atomic mass is 16.5. The number of urea groups is 1. The zero-order valence-corrected chi connectivity index (χ0v) is 11.2. The summed E-state index contributed by atoms with van der Waals surface area (Å²) in [6, 6.07) is -0.655. The molecule has 2 fully saturated rings. The summed E-state index contributed by atoms with van der Waals surface area (Å²) in [7, 11) is 3.19. The predicted octanol–water partition coefficient (Wildman–Crippen LogP) is -0.661. The number of hydrogen-bond donors (Lipinski definition) is 2. The van der Waals surface area contributed by atoms with Crippen molar-refractivity contribution in [2.24, 2.45) is 5.92 Å². The Morgan fingerprint density at radius 2 is 1.89 bits per heavy atom. The molecule has 0 spiro atoms. The van der Waals surface area contributed by atoms with Crippen LogP contribution in [0.4, 0.5) is 4.79 Å². The van der Waals surface area contributed by atoms with E-state index in [1.54, 1.807) is 14.2 Å². The number of amides is 3. The fourth-order valence-electron chi connectivity index (χ4n) is 2.91. The molecule has 0 aromatic heterocycles. The lowest BCUT2D eigenvalue weighted by molar-refractivity contribution is -0.144. The molecule has 7 heteroatoms. The Morgan fingerprint density at radius 3 is 2.47 bits per heavy atom. The van der Waals surface area contributed by atoms with Crippen molar-refractivity contribution in [3.05, 3.63) is 0 Å². The van der Waals surface area contributed by atoms with E-state index in [-0.39, 0.29) is 43.2 Å². The molecule has 0 aromatic rings. The Hall–Kier alpha value is -1.18. The summed E-state index contributed by atoms with van der Waals surface area (Å²) in [6.45, 7) is -0.204. The van der Waals surface area contributed by atoms with Crippen molar-refractivity contribution in [1.82, 2.24) is 10.2 Å². The largest absolute Gasteiger partial charge is 0.395 e. The van der Waals surface area contributed by atoms with Crippen molar-refractivity contribution in [2.75, 3.05) is 27.4 Å².